The van der Waals surface area contributed by atoms with Crippen molar-refractivity contribution in [3.05, 3.63) is 66.2 Å². The summed E-state index contributed by atoms with van der Waals surface area (Å²) < 4.78 is 44.3. The summed E-state index contributed by atoms with van der Waals surface area (Å²) in [5, 5.41) is 5.26. The van der Waals surface area contributed by atoms with Gasteiger partial charge < -0.3 is 24.8 Å². The number of hydrogen-bond acceptors (Lipinski definition) is 7. The van der Waals surface area contributed by atoms with E-state index in [1.54, 1.807) is 30.3 Å². The van der Waals surface area contributed by atoms with Crippen LogP contribution in [0.3, 0.4) is 0 Å². The van der Waals surface area contributed by atoms with Crippen LogP contribution in [0.15, 0.2) is 65.6 Å². The minimum atomic E-state index is -4.11. The summed E-state index contributed by atoms with van der Waals surface area (Å²) in [5.74, 6) is 0.473. The molecule has 0 radical (unpaired) electrons. The van der Waals surface area contributed by atoms with Gasteiger partial charge in [0.05, 0.1) is 28.9 Å². The van der Waals surface area contributed by atoms with Crippen LogP contribution in [0.5, 0.6) is 17.2 Å². The lowest BCUT2D eigenvalue weighted by Gasteiger charge is -2.15. The second-order valence-corrected chi connectivity index (χ2v) is 8.90. The lowest BCUT2D eigenvalue weighted by Crippen LogP contribution is -2.19. The van der Waals surface area contributed by atoms with Gasteiger partial charge in [0.1, 0.15) is 5.75 Å². The number of carbonyl (C=O) groups excluding carboxylic acids is 2. The Labute approximate surface area is 195 Å². The Balaban J connectivity index is 1.59. The third kappa shape index (κ3) is 4.89. The number of carbonyl (C=O) groups is 2. The van der Waals surface area contributed by atoms with Crippen LogP contribution in [0.25, 0.3) is 0 Å². The molecule has 34 heavy (non-hydrogen) atoms. The molecule has 0 unspecified atom stereocenters. The molecule has 2 amide bonds. The maximum Gasteiger partial charge on any atom is 0.261 e. The minimum Gasteiger partial charge on any atom is -0.495 e. The highest BCUT2D eigenvalue weighted by atomic mass is 32.2. The van der Waals surface area contributed by atoms with E-state index in [0.717, 1.165) is 0 Å². The number of fused-ring (bicyclic) bond motifs is 1. The smallest absolute Gasteiger partial charge is 0.261 e. The number of hydrogen-bond donors (Lipinski definition) is 3. The van der Waals surface area contributed by atoms with E-state index < -0.39 is 15.9 Å². The van der Waals surface area contributed by atoms with Crippen molar-refractivity contribution in [2.75, 3.05) is 29.3 Å². The molecule has 4 rings (SSSR count). The normalized spacial score (nSPS) is 12.1. The van der Waals surface area contributed by atoms with E-state index in [0.29, 0.717) is 22.9 Å². The van der Waals surface area contributed by atoms with Gasteiger partial charge >= 0.3 is 0 Å². The van der Waals surface area contributed by atoms with Crippen LogP contribution in [-0.4, -0.2) is 34.1 Å². The van der Waals surface area contributed by atoms with Crippen LogP contribution in [0.1, 0.15) is 17.3 Å². The van der Waals surface area contributed by atoms with Gasteiger partial charge in [-0.05, 0) is 42.5 Å². The zero-order valence-electron chi connectivity index (χ0n) is 18.2. The van der Waals surface area contributed by atoms with Gasteiger partial charge in [-0.3, -0.25) is 14.3 Å². The first-order valence-electron chi connectivity index (χ1n) is 10.1. The number of para-hydroxylation sites is 1. The summed E-state index contributed by atoms with van der Waals surface area (Å²) in [4.78, 5) is 24.3. The molecule has 3 N–H and O–H groups in total. The number of rotatable bonds is 7. The van der Waals surface area contributed by atoms with E-state index in [4.69, 9.17) is 14.2 Å². The molecule has 0 atom stereocenters. The Morgan fingerprint density at radius 3 is 2.44 bits per heavy atom. The standard InChI is InChI=1S/C23H21N3O7S/c1-14(27)24-19-12-16(8-10-20(19)31-2)34(29,30)26-18-6-4-3-5-17(18)23(28)25-15-7-9-21-22(11-15)33-13-32-21/h3-12,26H,13H2,1-2H3,(H,24,27)(H,25,28). The average Bonchev–Trinajstić information content (AvgIpc) is 3.26. The van der Waals surface area contributed by atoms with Crippen molar-refractivity contribution in [1.82, 2.24) is 0 Å². The molecule has 0 fully saturated rings. The molecule has 3 aromatic rings. The summed E-state index contributed by atoms with van der Waals surface area (Å²) in [6.07, 6.45) is 0. The molecule has 176 valence electrons. The molecule has 0 saturated heterocycles. The van der Waals surface area contributed by atoms with Gasteiger partial charge in [-0.25, -0.2) is 8.42 Å². The summed E-state index contributed by atoms with van der Waals surface area (Å²) >= 11 is 0. The van der Waals surface area contributed by atoms with Crippen molar-refractivity contribution >= 4 is 38.9 Å². The van der Waals surface area contributed by atoms with Crippen molar-refractivity contribution in [3.8, 4) is 17.2 Å². The third-order valence-corrected chi connectivity index (χ3v) is 6.20. The van der Waals surface area contributed by atoms with Gasteiger partial charge in [-0.1, -0.05) is 12.1 Å². The Morgan fingerprint density at radius 1 is 0.912 bits per heavy atom. The second kappa shape index (κ2) is 9.32. The predicted molar refractivity (Wildman–Crippen MR) is 125 cm³/mol. The Morgan fingerprint density at radius 2 is 1.68 bits per heavy atom. The number of methoxy groups -OCH3 is 1. The average molecular weight is 484 g/mol. The van der Waals surface area contributed by atoms with Crippen molar-refractivity contribution in [1.29, 1.82) is 0 Å². The quantitative estimate of drug-likeness (QED) is 0.469. The van der Waals surface area contributed by atoms with E-state index in [1.165, 1.54) is 44.4 Å². The first-order chi connectivity index (χ1) is 16.3. The van der Waals surface area contributed by atoms with Crippen LogP contribution in [0.4, 0.5) is 17.1 Å². The molecule has 0 aromatic heterocycles. The SMILES string of the molecule is COc1ccc(S(=O)(=O)Nc2ccccc2C(=O)Nc2ccc3c(c2)OCO3)cc1NC(C)=O. The summed E-state index contributed by atoms with van der Waals surface area (Å²) in [5.41, 5.74) is 0.853. The lowest BCUT2D eigenvalue weighted by molar-refractivity contribution is -0.114. The molecule has 0 bridgehead atoms. The predicted octanol–water partition coefficient (Wildman–Crippen LogP) is 3.44. The monoisotopic (exact) mass is 483 g/mol. The fraction of sp³-hybridized carbons (Fsp3) is 0.130. The van der Waals surface area contributed by atoms with Gasteiger partial charge in [0.2, 0.25) is 12.7 Å². The van der Waals surface area contributed by atoms with Crippen LogP contribution in [0, 0.1) is 0 Å². The van der Waals surface area contributed by atoms with Crippen LogP contribution >= 0.6 is 0 Å². The first-order valence-corrected chi connectivity index (χ1v) is 11.5. The van der Waals surface area contributed by atoms with Crippen LogP contribution in [-0.2, 0) is 14.8 Å². The molecular weight excluding hydrogens is 462 g/mol. The fourth-order valence-electron chi connectivity index (χ4n) is 3.29. The Hall–Kier alpha value is -4.25. The molecule has 10 nitrogen and oxygen atoms in total. The molecule has 11 heteroatoms. The van der Waals surface area contributed by atoms with Crippen molar-refractivity contribution < 1.29 is 32.2 Å². The highest BCUT2D eigenvalue weighted by Crippen LogP contribution is 2.34. The molecule has 0 aliphatic carbocycles. The highest BCUT2D eigenvalue weighted by Gasteiger charge is 2.21. The van der Waals surface area contributed by atoms with Gasteiger partial charge in [0, 0.05) is 18.7 Å². The maximum atomic E-state index is 13.1. The van der Waals surface area contributed by atoms with Gasteiger partial charge in [0.15, 0.2) is 11.5 Å². The van der Waals surface area contributed by atoms with E-state index in [2.05, 4.69) is 15.4 Å². The van der Waals surface area contributed by atoms with E-state index >= 15 is 0 Å². The third-order valence-electron chi connectivity index (χ3n) is 4.84. The van der Waals surface area contributed by atoms with Gasteiger partial charge in [-0.15, -0.1) is 0 Å². The molecule has 0 spiro atoms. The zero-order valence-corrected chi connectivity index (χ0v) is 19.1. The summed E-state index contributed by atoms with van der Waals surface area (Å²) in [7, 11) is -2.70. The lowest BCUT2D eigenvalue weighted by atomic mass is 10.1. The molecule has 3 aromatic carbocycles. The number of nitrogens with one attached hydrogen (secondary N) is 3. The van der Waals surface area contributed by atoms with E-state index in [9.17, 15) is 18.0 Å². The number of ether oxygens (including phenoxy) is 3. The molecule has 1 aliphatic rings. The summed E-state index contributed by atoms with van der Waals surface area (Å²) in [6, 6.07) is 15.2. The van der Waals surface area contributed by atoms with E-state index in [-0.39, 0.29) is 34.5 Å². The Bertz CT molecular complexity index is 1370. The second-order valence-electron chi connectivity index (χ2n) is 7.22. The van der Waals surface area contributed by atoms with Crippen molar-refractivity contribution in [2.24, 2.45) is 0 Å². The largest absolute Gasteiger partial charge is 0.495 e. The van der Waals surface area contributed by atoms with Gasteiger partial charge in [0.25, 0.3) is 15.9 Å². The first kappa shape index (κ1) is 22.9. The molecule has 1 heterocycles. The molecule has 0 saturated carbocycles. The fourth-order valence-corrected chi connectivity index (χ4v) is 4.39. The maximum absolute atomic E-state index is 13.1. The Kier molecular flexibility index (Phi) is 6.28. The summed E-state index contributed by atoms with van der Waals surface area (Å²) in [6.45, 7) is 1.40. The van der Waals surface area contributed by atoms with E-state index in [1.807, 2.05) is 0 Å². The van der Waals surface area contributed by atoms with Crippen molar-refractivity contribution in [3.63, 3.8) is 0 Å². The molecule has 1 aliphatic heterocycles. The van der Waals surface area contributed by atoms with Gasteiger partial charge in [-0.2, -0.15) is 0 Å². The minimum absolute atomic E-state index is 0.0811. The number of sulfonamides is 1. The molecular formula is C23H21N3O7S. The zero-order chi connectivity index (χ0) is 24.3. The van der Waals surface area contributed by atoms with Crippen LogP contribution < -0.4 is 29.6 Å². The van der Waals surface area contributed by atoms with Crippen molar-refractivity contribution in [2.45, 2.75) is 11.8 Å². The number of amides is 2. The van der Waals surface area contributed by atoms with Crippen LogP contribution in [0.2, 0.25) is 0 Å². The number of benzene rings is 3. The highest BCUT2D eigenvalue weighted by molar-refractivity contribution is 7.92. The topological polar surface area (TPSA) is 132 Å². The number of anilines is 3.